The molecule has 5 heteroatoms. The van der Waals surface area contributed by atoms with Crippen molar-refractivity contribution in [3.05, 3.63) is 52.7 Å². The van der Waals surface area contributed by atoms with Crippen molar-refractivity contribution in [1.82, 2.24) is 4.98 Å². The fourth-order valence-electron chi connectivity index (χ4n) is 2.45. The Morgan fingerprint density at radius 3 is 2.48 bits per heavy atom. The maximum absolute atomic E-state index is 13.5. The highest BCUT2D eigenvalue weighted by Gasteiger charge is 2.13. The van der Waals surface area contributed by atoms with Gasteiger partial charge in [-0.3, -0.25) is 0 Å². The molecule has 0 unspecified atom stereocenters. The summed E-state index contributed by atoms with van der Waals surface area (Å²) in [7, 11) is 1.59. The van der Waals surface area contributed by atoms with Crippen molar-refractivity contribution in [2.45, 2.75) is 13.8 Å². The number of halogens is 1. The number of aryl methyl sites for hydroxylation is 2. The highest BCUT2D eigenvalue weighted by atomic mass is 32.1. The number of thiazole rings is 1. The Labute approximate surface area is 138 Å². The van der Waals surface area contributed by atoms with E-state index in [2.05, 4.69) is 0 Å². The standard InChI is InChI=1S/C18H17FN2OS/c1-10-8-12(4-6-14(10)19)17-11(2)23-18(21-17)13-5-7-16(22-3)15(20)9-13/h4-9H,20H2,1-3H3. The number of hydrogen-bond acceptors (Lipinski definition) is 4. The monoisotopic (exact) mass is 328 g/mol. The lowest BCUT2D eigenvalue weighted by Gasteiger charge is -2.05. The second-order valence-corrected chi connectivity index (χ2v) is 6.55. The van der Waals surface area contributed by atoms with Gasteiger partial charge in [0, 0.05) is 16.0 Å². The Morgan fingerprint density at radius 2 is 1.83 bits per heavy atom. The quantitative estimate of drug-likeness (QED) is 0.701. The fraction of sp³-hybridized carbons (Fsp3) is 0.167. The van der Waals surface area contributed by atoms with E-state index >= 15 is 0 Å². The number of ether oxygens (including phenoxy) is 1. The van der Waals surface area contributed by atoms with Crippen LogP contribution in [0.1, 0.15) is 10.4 Å². The average molecular weight is 328 g/mol. The number of methoxy groups -OCH3 is 1. The van der Waals surface area contributed by atoms with Crippen LogP contribution in [0.4, 0.5) is 10.1 Å². The molecule has 1 heterocycles. The molecule has 0 radical (unpaired) electrons. The maximum Gasteiger partial charge on any atom is 0.141 e. The fourth-order valence-corrected chi connectivity index (χ4v) is 3.38. The summed E-state index contributed by atoms with van der Waals surface area (Å²) in [5, 5.41) is 0.883. The summed E-state index contributed by atoms with van der Waals surface area (Å²) in [6.07, 6.45) is 0. The molecule has 0 aliphatic heterocycles. The summed E-state index contributed by atoms with van der Waals surface area (Å²) in [5.74, 6) is 0.446. The molecule has 0 fully saturated rings. The second-order valence-electron chi connectivity index (χ2n) is 5.34. The number of aromatic nitrogens is 1. The third kappa shape index (κ3) is 2.92. The molecule has 0 atom stereocenters. The Hall–Kier alpha value is -2.40. The molecule has 2 aromatic carbocycles. The van der Waals surface area contributed by atoms with Crippen LogP contribution in [-0.4, -0.2) is 12.1 Å². The minimum absolute atomic E-state index is 0.204. The van der Waals surface area contributed by atoms with Crippen molar-refractivity contribution in [2.75, 3.05) is 12.8 Å². The lowest BCUT2D eigenvalue weighted by atomic mass is 10.1. The lowest BCUT2D eigenvalue weighted by Crippen LogP contribution is -1.92. The van der Waals surface area contributed by atoms with Crippen LogP contribution in [0.25, 0.3) is 21.8 Å². The zero-order valence-corrected chi connectivity index (χ0v) is 14.0. The molecule has 0 bridgehead atoms. The summed E-state index contributed by atoms with van der Waals surface area (Å²) < 4.78 is 18.6. The number of rotatable bonds is 3. The topological polar surface area (TPSA) is 48.1 Å². The zero-order chi connectivity index (χ0) is 16.6. The molecular formula is C18H17FN2OS. The minimum Gasteiger partial charge on any atom is -0.495 e. The van der Waals surface area contributed by atoms with E-state index < -0.39 is 0 Å². The first-order valence-electron chi connectivity index (χ1n) is 7.17. The summed E-state index contributed by atoms with van der Waals surface area (Å²) in [4.78, 5) is 5.80. The highest BCUT2D eigenvalue weighted by molar-refractivity contribution is 7.15. The lowest BCUT2D eigenvalue weighted by molar-refractivity contribution is 0.417. The van der Waals surface area contributed by atoms with Gasteiger partial charge in [-0.1, -0.05) is 0 Å². The van der Waals surface area contributed by atoms with Gasteiger partial charge in [-0.2, -0.15) is 0 Å². The largest absolute Gasteiger partial charge is 0.495 e. The van der Waals surface area contributed by atoms with E-state index in [9.17, 15) is 4.39 Å². The highest BCUT2D eigenvalue weighted by Crippen LogP contribution is 2.36. The number of nitrogens with zero attached hydrogens (tertiary/aromatic N) is 1. The number of hydrogen-bond donors (Lipinski definition) is 1. The molecule has 0 aliphatic rings. The molecule has 3 nitrogen and oxygen atoms in total. The average Bonchev–Trinajstić information content (AvgIpc) is 2.92. The predicted molar refractivity (Wildman–Crippen MR) is 93.4 cm³/mol. The van der Waals surface area contributed by atoms with E-state index in [0.717, 1.165) is 26.7 Å². The zero-order valence-electron chi connectivity index (χ0n) is 13.2. The van der Waals surface area contributed by atoms with E-state index in [1.807, 2.05) is 31.2 Å². The van der Waals surface area contributed by atoms with Crippen LogP contribution in [-0.2, 0) is 0 Å². The van der Waals surface area contributed by atoms with Crippen LogP contribution in [0, 0.1) is 19.7 Å². The van der Waals surface area contributed by atoms with Gasteiger partial charge < -0.3 is 10.5 Å². The van der Waals surface area contributed by atoms with Gasteiger partial charge in [-0.05, 0) is 55.8 Å². The van der Waals surface area contributed by atoms with Gasteiger partial charge in [0.25, 0.3) is 0 Å². The molecule has 118 valence electrons. The van der Waals surface area contributed by atoms with Crippen LogP contribution in [0.3, 0.4) is 0 Å². The van der Waals surface area contributed by atoms with Crippen molar-refractivity contribution in [1.29, 1.82) is 0 Å². The first-order valence-corrected chi connectivity index (χ1v) is 7.99. The first kappa shape index (κ1) is 15.5. The molecule has 0 spiro atoms. The Balaban J connectivity index is 2.04. The van der Waals surface area contributed by atoms with Gasteiger partial charge in [0.05, 0.1) is 18.5 Å². The predicted octanol–water partition coefficient (Wildman–Crippen LogP) is 4.82. The number of anilines is 1. The van der Waals surface area contributed by atoms with Crippen LogP contribution in [0.2, 0.25) is 0 Å². The smallest absolute Gasteiger partial charge is 0.141 e. The molecule has 0 aliphatic carbocycles. The summed E-state index contributed by atoms with van der Waals surface area (Å²) >= 11 is 1.59. The van der Waals surface area contributed by atoms with Crippen molar-refractivity contribution < 1.29 is 9.13 Å². The third-order valence-electron chi connectivity index (χ3n) is 3.70. The number of nitrogens with two attached hydrogens (primary N) is 1. The summed E-state index contributed by atoms with van der Waals surface area (Å²) in [6, 6.07) is 10.7. The maximum atomic E-state index is 13.5. The van der Waals surface area contributed by atoms with Gasteiger partial charge in [-0.15, -0.1) is 11.3 Å². The molecule has 23 heavy (non-hydrogen) atoms. The van der Waals surface area contributed by atoms with Crippen molar-refractivity contribution in [3.63, 3.8) is 0 Å². The van der Waals surface area contributed by atoms with Crippen LogP contribution in [0.15, 0.2) is 36.4 Å². The van der Waals surface area contributed by atoms with Crippen molar-refractivity contribution >= 4 is 17.0 Å². The van der Waals surface area contributed by atoms with Gasteiger partial charge in [0.15, 0.2) is 0 Å². The number of benzene rings is 2. The molecule has 2 N–H and O–H groups in total. The van der Waals surface area contributed by atoms with E-state index in [4.69, 9.17) is 15.5 Å². The van der Waals surface area contributed by atoms with Crippen LogP contribution >= 0.6 is 11.3 Å². The van der Waals surface area contributed by atoms with Crippen molar-refractivity contribution in [2.24, 2.45) is 0 Å². The van der Waals surface area contributed by atoms with Gasteiger partial charge in [0.1, 0.15) is 16.6 Å². The molecule has 1 aromatic heterocycles. The molecule has 3 rings (SSSR count). The summed E-state index contributed by atoms with van der Waals surface area (Å²) in [5.41, 5.74) is 9.91. The van der Waals surface area contributed by atoms with E-state index in [1.54, 1.807) is 31.4 Å². The van der Waals surface area contributed by atoms with Gasteiger partial charge in [-0.25, -0.2) is 9.37 Å². The second kappa shape index (κ2) is 6.01. The van der Waals surface area contributed by atoms with E-state index in [1.165, 1.54) is 6.07 Å². The van der Waals surface area contributed by atoms with E-state index in [-0.39, 0.29) is 5.82 Å². The molecule has 0 saturated carbocycles. The molecule has 3 aromatic rings. The van der Waals surface area contributed by atoms with Crippen LogP contribution in [0.5, 0.6) is 5.75 Å². The first-order chi connectivity index (χ1) is 11.0. The normalized spacial score (nSPS) is 10.8. The summed E-state index contributed by atoms with van der Waals surface area (Å²) in [6.45, 7) is 3.77. The molecule has 0 amide bonds. The van der Waals surface area contributed by atoms with Gasteiger partial charge >= 0.3 is 0 Å². The van der Waals surface area contributed by atoms with Crippen LogP contribution < -0.4 is 10.5 Å². The van der Waals surface area contributed by atoms with Crippen molar-refractivity contribution in [3.8, 4) is 27.6 Å². The Bertz CT molecular complexity index is 873. The number of nitrogen functional groups attached to an aromatic ring is 1. The molecule has 0 saturated heterocycles. The minimum atomic E-state index is -0.204. The third-order valence-corrected chi connectivity index (χ3v) is 4.72. The molecular weight excluding hydrogens is 311 g/mol. The Kier molecular flexibility index (Phi) is 4.05. The SMILES string of the molecule is COc1ccc(-c2nc(-c3ccc(F)c(C)c3)c(C)s2)cc1N. The Morgan fingerprint density at radius 1 is 1.09 bits per heavy atom. The van der Waals surface area contributed by atoms with E-state index in [0.29, 0.717) is 17.0 Å². The van der Waals surface area contributed by atoms with Gasteiger partial charge in [0.2, 0.25) is 0 Å².